The van der Waals surface area contributed by atoms with E-state index >= 15 is 0 Å². The lowest BCUT2D eigenvalue weighted by atomic mass is 10.1. The molecule has 0 aliphatic heterocycles. The number of para-hydroxylation sites is 1. The lowest BCUT2D eigenvalue weighted by Gasteiger charge is -2.12. The minimum absolute atomic E-state index is 0. The summed E-state index contributed by atoms with van der Waals surface area (Å²) in [6.45, 7) is 2.03. The van der Waals surface area contributed by atoms with E-state index in [-0.39, 0.29) is 23.9 Å². The number of benzene rings is 2. The third kappa shape index (κ3) is 5.59. The quantitative estimate of drug-likeness (QED) is 0.915. The van der Waals surface area contributed by atoms with Gasteiger partial charge < -0.3 is 15.9 Å². The number of methoxy groups -OCH3 is 1. The zero-order valence-corrected chi connectivity index (χ0v) is 13.8. The maximum atomic E-state index is 5.91. The van der Waals surface area contributed by atoms with Crippen LogP contribution in [-0.2, 0) is 6.42 Å². The van der Waals surface area contributed by atoms with Gasteiger partial charge in [0.1, 0.15) is 5.75 Å². The lowest BCUT2D eigenvalue weighted by molar-refractivity contribution is 0.405. The summed E-state index contributed by atoms with van der Waals surface area (Å²) in [5.41, 5.74) is 7.19. The number of nitrogens with two attached hydrogens (primary N) is 1. The van der Waals surface area contributed by atoms with E-state index in [9.17, 15) is 0 Å². The van der Waals surface area contributed by atoms with Crippen LogP contribution in [0.5, 0.6) is 5.75 Å². The Bertz CT molecular complexity index is 549. The summed E-state index contributed by atoms with van der Waals surface area (Å²) in [5.74, 6) is 0.906. The Morgan fingerprint density at radius 1 is 1.05 bits per heavy atom. The standard InChI is InChI=1S/C16H19NOS.ClH.H2O/c1-12(17)11-13-7-3-5-9-15(13)19-16-10-6-4-8-14(16)18-2;;/h3-10,12H,11,17H2,1-2H3;1H;1H2. The Morgan fingerprint density at radius 2 is 1.62 bits per heavy atom. The highest BCUT2D eigenvalue weighted by Crippen LogP contribution is 2.36. The van der Waals surface area contributed by atoms with Gasteiger partial charge in [-0.25, -0.2) is 0 Å². The molecule has 0 amide bonds. The highest BCUT2D eigenvalue weighted by Gasteiger charge is 2.08. The number of hydrogen-bond donors (Lipinski definition) is 1. The van der Waals surface area contributed by atoms with Crippen molar-refractivity contribution in [3.05, 3.63) is 54.1 Å². The van der Waals surface area contributed by atoms with E-state index in [0.29, 0.717) is 0 Å². The molecular formula is C16H22ClNO2S. The SMILES string of the molecule is COc1ccccc1Sc1ccccc1CC(C)N.Cl.O. The highest BCUT2D eigenvalue weighted by atomic mass is 35.5. The van der Waals surface area contributed by atoms with Crippen LogP contribution < -0.4 is 10.5 Å². The van der Waals surface area contributed by atoms with E-state index in [1.54, 1.807) is 18.9 Å². The first-order chi connectivity index (χ1) is 9.20. The molecular weight excluding hydrogens is 306 g/mol. The van der Waals surface area contributed by atoms with Gasteiger partial charge in [-0.05, 0) is 37.1 Å². The Hall–Kier alpha value is -1.20. The van der Waals surface area contributed by atoms with E-state index in [4.69, 9.17) is 10.5 Å². The van der Waals surface area contributed by atoms with Crippen molar-refractivity contribution < 1.29 is 10.2 Å². The fraction of sp³-hybridized carbons (Fsp3) is 0.250. The maximum absolute atomic E-state index is 5.91. The Kier molecular flexibility index (Phi) is 9.13. The second-order valence-electron chi connectivity index (χ2n) is 4.54. The molecule has 0 saturated carbocycles. The summed E-state index contributed by atoms with van der Waals surface area (Å²) in [5, 5.41) is 0. The Labute approximate surface area is 136 Å². The van der Waals surface area contributed by atoms with Crippen LogP contribution >= 0.6 is 24.2 Å². The van der Waals surface area contributed by atoms with Gasteiger partial charge in [0.25, 0.3) is 0 Å². The van der Waals surface area contributed by atoms with Gasteiger partial charge in [0.15, 0.2) is 0 Å². The largest absolute Gasteiger partial charge is 0.496 e. The molecule has 2 rings (SSSR count). The summed E-state index contributed by atoms with van der Waals surface area (Å²) in [7, 11) is 1.70. The van der Waals surface area contributed by atoms with E-state index in [2.05, 4.69) is 30.3 Å². The molecule has 0 fully saturated rings. The zero-order valence-electron chi connectivity index (χ0n) is 12.2. The fourth-order valence-electron chi connectivity index (χ4n) is 1.94. The molecule has 0 aromatic heterocycles. The van der Waals surface area contributed by atoms with Crippen LogP contribution in [0.25, 0.3) is 0 Å². The topological polar surface area (TPSA) is 66.8 Å². The van der Waals surface area contributed by atoms with Crippen molar-refractivity contribution in [2.45, 2.75) is 29.2 Å². The van der Waals surface area contributed by atoms with Crippen LogP contribution in [0.15, 0.2) is 58.3 Å². The normalized spacial score (nSPS) is 11.0. The second-order valence-corrected chi connectivity index (χ2v) is 5.63. The third-order valence-corrected chi connectivity index (χ3v) is 3.98. The van der Waals surface area contributed by atoms with Crippen molar-refractivity contribution in [2.75, 3.05) is 7.11 Å². The average Bonchev–Trinajstić information content (AvgIpc) is 2.41. The molecule has 1 atom stereocenters. The predicted molar refractivity (Wildman–Crippen MR) is 91.8 cm³/mol. The van der Waals surface area contributed by atoms with Gasteiger partial charge in [-0.2, -0.15) is 0 Å². The van der Waals surface area contributed by atoms with Crippen LogP contribution in [0.4, 0.5) is 0 Å². The van der Waals surface area contributed by atoms with Gasteiger partial charge in [0, 0.05) is 10.9 Å². The molecule has 21 heavy (non-hydrogen) atoms. The molecule has 2 aromatic rings. The molecule has 1 unspecified atom stereocenters. The van der Waals surface area contributed by atoms with Gasteiger partial charge in [-0.1, -0.05) is 42.1 Å². The smallest absolute Gasteiger partial charge is 0.132 e. The minimum atomic E-state index is 0. The molecule has 0 aliphatic rings. The summed E-state index contributed by atoms with van der Waals surface area (Å²) in [4.78, 5) is 2.37. The molecule has 3 nitrogen and oxygen atoms in total. The van der Waals surface area contributed by atoms with Gasteiger partial charge in [-0.3, -0.25) is 0 Å². The van der Waals surface area contributed by atoms with E-state index in [1.165, 1.54) is 10.5 Å². The molecule has 0 spiro atoms. The molecule has 0 bridgehead atoms. The zero-order chi connectivity index (χ0) is 13.7. The van der Waals surface area contributed by atoms with Crippen molar-refractivity contribution in [1.82, 2.24) is 0 Å². The lowest BCUT2D eigenvalue weighted by Crippen LogP contribution is -2.18. The second kappa shape index (κ2) is 9.68. The summed E-state index contributed by atoms with van der Waals surface area (Å²) >= 11 is 1.73. The molecule has 0 heterocycles. The van der Waals surface area contributed by atoms with Gasteiger partial charge in [-0.15, -0.1) is 12.4 Å². The number of ether oxygens (including phenoxy) is 1. The molecule has 0 radical (unpaired) electrons. The molecule has 0 saturated heterocycles. The van der Waals surface area contributed by atoms with Crippen molar-refractivity contribution in [3.8, 4) is 5.75 Å². The fourth-order valence-corrected chi connectivity index (χ4v) is 3.01. The molecule has 0 aliphatic carbocycles. The highest BCUT2D eigenvalue weighted by molar-refractivity contribution is 7.99. The van der Waals surface area contributed by atoms with Crippen LogP contribution in [0, 0.1) is 0 Å². The van der Waals surface area contributed by atoms with Gasteiger partial charge in [0.2, 0.25) is 0 Å². The van der Waals surface area contributed by atoms with Gasteiger partial charge >= 0.3 is 0 Å². The number of hydrogen-bond acceptors (Lipinski definition) is 3. The molecule has 116 valence electrons. The summed E-state index contributed by atoms with van der Waals surface area (Å²) < 4.78 is 5.39. The minimum Gasteiger partial charge on any atom is -0.496 e. The van der Waals surface area contributed by atoms with Crippen LogP contribution in [0.1, 0.15) is 12.5 Å². The van der Waals surface area contributed by atoms with Crippen LogP contribution in [-0.4, -0.2) is 18.6 Å². The van der Waals surface area contributed by atoms with Gasteiger partial charge in [0.05, 0.1) is 12.0 Å². The monoisotopic (exact) mass is 327 g/mol. The first-order valence-corrected chi connectivity index (χ1v) is 7.16. The Balaban J connectivity index is 0.00000200. The molecule has 4 N–H and O–H groups in total. The first kappa shape index (κ1) is 19.8. The Morgan fingerprint density at radius 3 is 2.24 bits per heavy atom. The average molecular weight is 328 g/mol. The first-order valence-electron chi connectivity index (χ1n) is 6.35. The predicted octanol–water partition coefficient (Wildman–Crippen LogP) is 3.33. The molecule has 5 heteroatoms. The third-order valence-electron chi connectivity index (χ3n) is 2.80. The summed E-state index contributed by atoms with van der Waals surface area (Å²) in [6.07, 6.45) is 0.887. The van der Waals surface area contributed by atoms with Crippen molar-refractivity contribution in [3.63, 3.8) is 0 Å². The van der Waals surface area contributed by atoms with Crippen molar-refractivity contribution in [2.24, 2.45) is 5.73 Å². The van der Waals surface area contributed by atoms with E-state index in [1.807, 2.05) is 25.1 Å². The number of rotatable bonds is 5. The van der Waals surface area contributed by atoms with Crippen LogP contribution in [0.2, 0.25) is 0 Å². The number of halogens is 1. The van der Waals surface area contributed by atoms with Crippen molar-refractivity contribution in [1.29, 1.82) is 0 Å². The van der Waals surface area contributed by atoms with E-state index in [0.717, 1.165) is 17.1 Å². The van der Waals surface area contributed by atoms with Crippen molar-refractivity contribution >= 4 is 24.2 Å². The van der Waals surface area contributed by atoms with Crippen LogP contribution in [0.3, 0.4) is 0 Å². The summed E-state index contributed by atoms with van der Waals surface area (Å²) in [6, 6.07) is 16.6. The van der Waals surface area contributed by atoms with E-state index < -0.39 is 0 Å². The molecule has 2 aromatic carbocycles. The maximum Gasteiger partial charge on any atom is 0.132 e.